The average molecular weight is 314 g/mol. The molecule has 1 rings (SSSR count). The summed E-state index contributed by atoms with van der Waals surface area (Å²) in [5.74, 6) is -1.91. The van der Waals surface area contributed by atoms with E-state index in [0.29, 0.717) is 5.06 Å². The maximum atomic E-state index is 12.0. The highest BCUT2D eigenvalue weighted by atomic mass is 16.7. The van der Waals surface area contributed by atoms with Gasteiger partial charge in [0.25, 0.3) is 11.8 Å². The van der Waals surface area contributed by atoms with Crippen LogP contribution >= 0.6 is 0 Å². The first-order valence-electron chi connectivity index (χ1n) is 7.37. The molecule has 0 aromatic heterocycles. The van der Waals surface area contributed by atoms with Gasteiger partial charge in [-0.15, -0.1) is 5.06 Å². The van der Waals surface area contributed by atoms with Crippen LogP contribution in [0.15, 0.2) is 0 Å². The van der Waals surface area contributed by atoms with E-state index in [1.165, 1.54) is 0 Å². The summed E-state index contributed by atoms with van der Waals surface area (Å²) in [6.07, 6.45) is 1.61. The largest absolute Gasteiger partial charge is 0.354 e. The number of imide groups is 1. The molecule has 0 saturated carbocycles. The van der Waals surface area contributed by atoms with Gasteiger partial charge in [-0.05, 0) is 20.5 Å². The van der Waals surface area contributed by atoms with Gasteiger partial charge in [0.1, 0.15) is 0 Å². The number of nitrogens with one attached hydrogen (secondary N) is 1. The van der Waals surface area contributed by atoms with Crippen molar-refractivity contribution in [3.63, 3.8) is 0 Å². The van der Waals surface area contributed by atoms with E-state index in [0.717, 1.165) is 12.8 Å². The first-order chi connectivity index (χ1) is 10.4. The lowest BCUT2D eigenvalue weighted by molar-refractivity contribution is -0.197. The molecule has 8 nitrogen and oxygen atoms in total. The number of amides is 3. The number of hydrogen-bond acceptors (Lipinski definition) is 6. The van der Waals surface area contributed by atoms with Crippen LogP contribution in [-0.2, 0) is 24.0 Å². The lowest BCUT2D eigenvalue weighted by atomic mass is 10.1. The fourth-order valence-corrected chi connectivity index (χ4v) is 2.11. The first-order valence-corrected chi connectivity index (χ1v) is 7.37. The number of carbonyl (C=O) groups is 4. The third-order valence-corrected chi connectivity index (χ3v) is 3.32. The van der Waals surface area contributed by atoms with Gasteiger partial charge in [-0.25, -0.2) is 4.79 Å². The Balaban J connectivity index is 2.34. The molecule has 0 aliphatic carbocycles. The van der Waals surface area contributed by atoms with Crippen LogP contribution in [0.25, 0.3) is 0 Å². The maximum absolute atomic E-state index is 12.0. The highest BCUT2D eigenvalue weighted by Crippen LogP contribution is 2.12. The van der Waals surface area contributed by atoms with Crippen LogP contribution < -0.4 is 5.32 Å². The number of nitrogens with zero attached hydrogens (tertiary/aromatic N) is 2. The second kappa shape index (κ2) is 8.47. The summed E-state index contributed by atoms with van der Waals surface area (Å²) >= 11 is 0. The molecule has 3 amide bonds. The van der Waals surface area contributed by atoms with Crippen LogP contribution in [0.1, 0.15) is 39.0 Å². The van der Waals surface area contributed by atoms with E-state index in [2.05, 4.69) is 5.32 Å². The average Bonchev–Trinajstić information content (AvgIpc) is 2.76. The Morgan fingerprint density at radius 3 is 2.36 bits per heavy atom. The molecule has 1 fully saturated rings. The van der Waals surface area contributed by atoms with Crippen molar-refractivity contribution in [2.24, 2.45) is 0 Å². The molecule has 1 N–H and O–H groups in total. The molecular weight excluding hydrogens is 291 g/mol. The molecule has 1 heterocycles. The Kier molecular flexibility index (Phi) is 6.97. The molecule has 1 aliphatic heterocycles. The monoisotopic (exact) mass is 314 g/mol. The normalized spacial score (nSPS) is 16.1. The SMILES string of the molecule is CN(C)C(CC[13CH3])C(=O)NCCC(=O)ON1C(=O)CCC1=O. The summed E-state index contributed by atoms with van der Waals surface area (Å²) < 4.78 is 0. The summed E-state index contributed by atoms with van der Waals surface area (Å²) in [6.45, 7) is 2.09. The van der Waals surface area contributed by atoms with E-state index in [4.69, 9.17) is 4.84 Å². The third kappa shape index (κ3) is 5.10. The van der Waals surface area contributed by atoms with E-state index < -0.39 is 17.8 Å². The van der Waals surface area contributed by atoms with Gasteiger partial charge in [0.15, 0.2) is 0 Å². The smallest absolute Gasteiger partial charge is 0.334 e. The Labute approximate surface area is 129 Å². The fraction of sp³-hybridized carbons (Fsp3) is 0.714. The van der Waals surface area contributed by atoms with Crippen LogP contribution in [-0.4, -0.2) is 60.3 Å². The standard InChI is InChI=1S/C14H23N3O5/c1-4-5-10(16(2)3)14(21)15-9-8-13(20)22-17-11(18)6-7-12(17)19/h10H,4-9H2,1-3H3,(H,15,21)/i1+1. The number of likely N-dealkylation sites (N-methyl/N-ethyl adjacent to an activating group) is 1. The summed E-state index contributed by atoms with van der Waals surface area (Å²) in [5.41, 5.74) is 0. The van der Waals surface area contributed by atoms with Gasteiger partial charge < -0.3 is 10.2 Å². The van der Waals surface area contributed by atoms with Gasteiger partial charge in [0, 0.05) is 19.4 Å². The van der Waals surface area contributed by atoms with Crippen molar-refractivity contribution >= 4 is 23.7 Å². The van der Waals surface area contributed by atoms with Crippen LogP contribution in [0, 0.1) is 0 Å². The van der Waals surface area contributed by atoms with Crippen LogP contribution in [0.2, 0.25) is 0 Å². The van der Waals surface area contributed by atoms with Crippen molar-refractivity contribution in [1.29, 1.82) is 0 Å². The quantitative estimate of drug-likeness (QED) is 0.493. The maximum Gasteiger partial charge on any atom is 0.334 e. The van der Waals surface area contributed by atoms with Crippen LogP contribution in [0.5, 0.6) is 0 Å². The summed E-state index contributed by atoms with van der Waals surface area (Å²) in [4.78, 5) is 52.7. The third-order valence-electron chi connectivity index (χ3n) is 3.32. The van der Waals surface area contributed by atoms with Crippen molar-refractivity contribution in [3.8, 4) is 0 Å². The second-order valence-corrected chi connectivity index (χ2v) is 5.35. The van der Waals surface area contributed by atoms with Gasteiger partial charge in [0.05, 0.1) is 12.5 Å². The van der Waals surface area contributed by atoms with Crippen molar-refractivity contribution in [1.82, 2.24) is 15.3 Å². The first kappa shape index (κ1) is 18.1. The molecule has 0 aromatic carbocycles. The second-order valence-electron chi connectivity index (χ2n) is 5.35. The predicted molar refractivity (Wildman–Crippen MR) is 77.2 cm³/mol. The molecule has 0 spiro atoms. The minimum absolute atomic E-state index is 0.0599. The molecule has 22 heavy (non-hydrogen) atoms. The van der Waals surface area contributed by atoms with E-state index in [1.54, 1.807) is 0 Å². The Morgan fingerprint density at radius 1 is 1.27 bits per heavy atom. The molecule has 0 aromatic rings. The minimum atomic E-state index is -0.721. The number of carbonyl (C=O) groups excluding carboxylic acids is 4. The fourth-order valence-electron chi connectivity index (χ4n) is 2.11. The Bertz CT molecular complexity index is 434. The van der Waals surface area contributed by atoms with Crippen LogP contribution in [0.3, 0.4) is 0 Å². The highest BCUT2D eigenvalue weighted by molar-refractivity contribution is 6.01. The molecule has 8 heteroatoms. The number of hydroxylamine groups is 2. The minimum Gasteiger partial charge on any atom is -0.354 e. The molecule has 0 bridgehead atoms. The molecule has 124 valence electrons. The summed E-state index contributed by atoms with van der Waals surface area (Å²) in [5, 5.41) is 3.16. The summed E-state index contributed by atoms with van der Waals surface area (Å²) in [6, 6.07) is -0.247. The van der Waals surface area contributed by atoms with Crippen molar-refractivity contribution in [2.75, 3.05) is 20.6 Å². The Morgan fingerprint density at radius 2 is 1.86 bits per heavy atom. The van der Waals surface area contributed by atoms with Crippen LogP contribution in [0.4, 0.5) is 0 Å². The zero-order valence-corrected chi connectivity index (χ0v) is 13.3. The van der Waals surface area contributed by atoms with Gasteiger partial charge >= 0.3 is 5.97 Å². The van der Waals surface area contributed by atoms with Gasteiger partial charge in [-0.3, -0.25) is 19.3 Å². The van der Waals surface area contributed by atoms with Gasteiger partial charge in [0.2, 0.25) is 5.91 Å². The Hall–Kier alpha value is -1.96. The van der Waals surface area contributed by atoms with E-state index in [9.17, 15) is 19.2 Å². The topological polar surface area (TPSA) is 96.0 Å². The lowest BCUT2D eigenvalue weighted by Crippen LogP contribution is -2.44. The zero-order valence-electron chi connectivity index (χ0n) is 13.3. The van der Waals surface area contributed by atoms with Gasteiger partial charge in [-0.1, -0.05) is 13.3 Å². The lowest BCUT2D eigenvalue weighted by Gasteiger charge is -2.22. The highest BCUT2D eigenvalue weighted by Gasteiger charge is 2.32. The zero-order chi connectivity index (χ0) is 16.7. The van der Waals surface area contributed by atoms with Crippen molar-refractivity contribution in [3.05, 3.63) is 0 Å². The molecular formula is C14H23N3O5. The molecule has 1 atom stereocenters. The van der Waals surface area contributed by atoms with Gasteiger partial charge in [-0.2, -0.15) is 0 Å². The molecule has 1 saturated heterocycles. The number of rotatable bonds is 8. The van der Waals surface area contributed by atoms with E-state index in [-0.39, 0.29) is 37.8 Å². The molecule has 1 unspecified atom stereocenters. The van der Waals surface area contributed by atoms with E-state index in [1.807, 2.05) is 25.9 Å². The predicted octanol–water partition coefficient (Wildman–Crippen LogP) is -0.170. The number of hydrogen-bond donors (Lipinski definition) is 1. The summed E-state index contributed by atoms with van der Waals surface area (Å²) in [7, 11) is 3.64. The van der Waals surface area contributed by atoms with E-state index >= 15 is 0 Å². The molecule has 1 aliphatic rings. The van der Waals surface area contributed by atoms with Crippen molar-refractivity contribution < 1.29 is 24.0 Å². The molecule has 0 radical (unpaired) electrons. The van der Waals surface area contributed by atoms with Crippen molar-refractivity contribution in [2.45, 2.75) is 45.1 Å².